The lowest BCUT2D eigenvalue weighted by atomic mass is 10.2. The normalized spacial score (nSPS) is 10.1. The van der Waals surface area contributed by atoms with Gasteiger partial charge in [-0.3, -0.25) is 4.84 Å². The van der Waals surface area contributed by atoms with E-state index in [2.05, 4.69) is 5.32 Å². The number of nitrogens with one attached hydrogen (secondary N) is 1. The van der Waals surface area contributed by atoms with Crippen LogP contribution in [0.15, 0.2) is 54.6 Å². The minimum absolute atomic E-state index is 0.335. The highest BCUT2D eigenvalue weighted by molar-refractivity contribution is 6.30. The molecular weight excluding hydrogens is 276 g/mol. The zero-order chi connectivity index (χ0) is 14.4. The van der Waals surface area contributed by atoms with Crippen molar-refractivity contribution in [2.24, 2.45) is 0 Å². The van der Waals surface area contributed by atoms with Crippen molar-refractivity contribution in [3.63, 3.8) is 0 Å². The molecule has 0 atom stereocenters. The smallest absolute Gasteiger partial charge is 0.306 e. The van der Waals surface area contributed by atoms with Crippen molar-refractivity contribution in [3.05, 3.63) is 65.2 Å². The Hall–Kier alpha value is -2.04. The van der Waals surface area contributed by atoms with E-state index in [4.69, 9.17) is 16.4 Å². The maximum absolute atomic E-state index is 12.1. The highest BCUT2D eigenvalue weighted by Crippen LogP contribution is 2.14. The summed E-state index contributed by atoms with van der Waals surface area (Å²) in [6.07, 6.45) is 0. The largest absolute Gasteiger partial charge is 0.346 e. The van der Waals surface area contributed by atoms with Gasteiger partial charge in [-0.15, -0.1) is 0 Å². The van der Waals surface area contributed by atoms with Crippen LogP contribution in [0.1, 0.15) is 5.56 Å². The molecule has 0 aliphatic heterocycles. The predicted molar refractivity (Wildman–Crippen MR) is 79.5 cm³/mol. The number of benzene rings is 2. The summed E-state index contributed by atoms with van der Waals surface area (Å²) in [4.78, 5) is 17.2. The maximum Gasteiger partial charge on any atom is 0.346 e. The number of anilines is 1. The predicted octanol–water partition coefficient (Wildman–Crippen LogP) is 3.94. The molecular formula is C15H15ClN2O2. The lowest BCUT2D eigenvalue weighted by molar-refractivity contribution is -0.0886. The molecule has 0 fully saturated rings. The summed E-state index contributed by atoms with van der Waals surface area (Å²) >= 11 is 5.80. The molecule has 2 aromatic carbocycles. The number of urea groups is 1. The molecule has 0 aromatic heterocycles. The third-order valence-electron chi connectivity index (χ3n) is 2.71. The van der Waals surface area contributed by atoms with Gasteiger partial charge in [0.15, 0.2) is 0 Å². The summed E-state index contributed by atoms with van der Waals surface area (Å²) in [5.74, 6) is 0. The Morgan fingerprint density at radius 1 is 1.15 bits per heavy atom. The highest BCUT2D eigenvalue weighted by atomic mass is 35.5. The van der Waals surface area contributed by atoms with Gasteiger partial charge >= 0.3 is 6.03 Å². The van der Waals surface area contributed by atoms with Crippen molar-refractivity contribution >= 4 is 23.3 Å². The Labute approximate surface area is 122 Å². The monoisotopic (exact) mass is 290 g/mol. The van der Waals surface area contributed by atoms with Crippen LogP contribution in [-0.4, -0.2) is 18.2 Å². The molecule has 5 heteroatoms. The molecule has 2 amide bonds. The van der Waals surface area contributed by atoms with E-state index in [0.29, 0.717) is 17.3 Å². The molecule has 0 bridgehead atoms. The van der Waals surface area contributed by atoms with E-state index in [1.54, 1.807) is 24.3 Å². The van der Waals surface area contributed by atoms with Crippen molar-refractivity contribution < 1.29 is 9.63 Å². The average molecular weight is 291 g/mol. The minimum Gasteiger partial charge on any atom is -0.306 e. The molecule has 1 N–H and O–H groups in total. The summed E-state index contributed by atoms with van der Waals surface area (Å²) in [5.41, 5.74) is 1.65. The second-order valence-electron chi connectivity index (χ2n) is 4.14. The lowest BCUT2D eigenvalue weighted by Gasteiger charge is -2.20. The van der Waals surface area contributed by atoms with Gasteiger partial charge in [0.05, 0.1) is 13.7 Å². The van der Waals surface area contributed by atoms with Crippen LogP contribution < -0.4 is 5.32 Å². The Bertz CT molecular complexity index is 558. The zero-order valence-electron chi connectivity index (χ0n) is 11.0. The van der Waals surface area contributed by atoms with Crippen LogP contribution >= 0.6 is 11.6 Å². The number of hydrogen-bond acceptors (Lipinski definition) is 2. The first-order chi connectivity index (χ1) is 9.69. The van der Waals surface area contributed by atoms with Crippen molar-refractivity contribution in [3.8, 4) is 0 Å². The first kappa shape index (κ1) is 14.4. The number of carbonyl (C=O) groups is 1. The fraction of sp³-hybridized carbons (Fsp3) is 0.133. The molecule has 0 unspecified atom stereocenters. The fourth-order valence-corrected chi connectivity index (χ4v) is 1.81. The average Bonchev–Trinajstić information content (AvgIpc) is 2.48. The zero-order valence-corrected chi connectivity index (χ0v) is 11.8. The summed E-state index contributed by atoms with van der Waals surface area (Å²) in [5, 5.41) is 4.62. The van der Waals surface area contributed by atoms with Gasteiger partial charge in [-0.1, -0.05) is 41.9 Å². The van der Waals surface area contributed by atoms with E-state index >= 15 is 0 Å². The summed E-state index contributed by atoms with van der Waals surface area (Å²) < 4.78 is 0. The third-order valence-corrected chi connectivity index (χ3v) is 2.96. The Balaban J connectivity index is 2.00. The molecule has 0 radical (unpaired) electrons. The Morgan fingerprint density at radius 3 is 2.40 bits per heavy atom. The first-order valence-electron chi connectivity index (χ1n) is 6.11. The Morgan fingerprint density at radius 2 is 1.80 bits per heavy atom. The minimum atomic E-state index is -0.335. The quantitative estimate of drug-likeness (QED) is 0.867. The molecule has 2 aromatic rings. The molecule has 0 heterocycles. The van der Waals surface area contributed by atoms with E-state index in [1.165, 1.54) is 12.2 Å². The van der Waals surface area contributed by atoms with Crippen LogP contribution in [-0.2, 0) is 11.4 Å². The van der Waals surface area contributed by atoms with Gasteiger partial charge in [0, 0.05) is 10.7 Å². The van der Waals surface area contributed by atoms with Crippen molar-refractivity contribution in [2.45, 2.75) is 6.54 Å². The number of amides is 2. The van der Waals surface area contributed by atoms with Gasteiger partial charge in [0.2, 0.25) is 0 Å². The highest BCUT2D eigenvalue weighted by Gasteiger charge is 2.13. The van der Waals surface area contributed by atoms with Crippen LogP contribution in [0.25, 0.3) is 0 Å². The molecule has 0 saturated carbocycles. The molecule has 104 valence electrons. The fourth-order valence-electron chi connectivity index (χ4n) is 1.69. The molecule has 0 saturated heterocycles. The van der Waals surface area contributed by atoms with E-state index in [0.717, 1.165) is 5.56 Å². The van der Waals surface area contributed by atoms with Crippen LogP contribution in [0.3, 0.4) is 0 Å². The van der Waals surface area contributed by atoms with Crippen LogP contribution in [0.2, 0.25) is 5.02 Å². The van der Waals surface area contributed by atoms with Gasteiger partial charge in [0.25, 0.3) is 0 Å². The number of carbonyl (C=O) groups excluding carboxylic acids is 1. The summed E-state index contributed by atoms with van der Waals surface area (Å²) in [7, 11) is 1.46. The molecule has 20 heavy (non-hydrogen) atoms. The number of hydroxylamine groups is 2. The maximum atomic E-state index is 12.1. The van der Waals surface area contributed by atoms with E-state index in [9.17, 15) is 4.79 Å². The van der Waals surface area contributed by atoms with E-state index < -0.39 is 0 Å². The Kier molecular flexibility index (Phi) is 4.98. The second kappa shape index (κ2) is 6.93. The number of rotatable bonds is 4. The summed E-state index contributed by atoms with van der Waals surface area (Å²) in [6, 6.07) is 16.2. The van der Waals surface area contributed by atoms with Crippen molar-refractivity contribution in [1.82, 2.24) is 5.06 Å². The molecule has 0 aliphatic rings. The standard InChI is InChI=1S/C15H15ClN2O2/c1-20-18(11-12-5-3-2-4-6-12)15(19)17-14-9-7-13(16)8-10-14/h2-10H,11H2,1H3,(H,17,19). The van der Waals surface area contributed by atoms with Gasteiger partial charge in [0.1, 0.15) is 0 Å². The SMILES string of the molecule is CON(Cc1ccccc1)C(=O)Nc1ccc(Cl)cc1. The molecule has 0 aliphatic carbocycles. The molecule has 2 rings (SSSR count). The number of hydrogen-bond donors (Lipinski definition) is 1. The van der Waals surface area contributed by atoms with Gasteiger partial charge in [-0.25, -0.2) is 4.79 Å². The third kappa shape index (κ3) is 3.98. The molecule has 0 spiro atoms. The molecule has 4 nitrogen and oxygen atoms in total. The van der Waals surface area contributed by atoms with Gasteiger partial charge in [-0.05, 0) is 29.8 Å². The van der Waals surface area contributed by atoms with Crippen molar-refractivity contribution in [1.29, 1.82) is 0 Å². The van der Waals surface area contributed by atoms with Crippen molar-refractivity contribution in [2.75, 3.05) is 12.4 Å². The topological polar surface area (TPSA) is 41.6 Å². The summed E-state index contributed by atoms with van der Waals surface area (Å²) in [6.45, 7) is 0.372. The van der Waals surface area contributed by atoms with E-state index in [-0.39, 0.29) is 6.03 Å². The van der Waals surface area contributed by atoms with Crippen LogP contribution in [0.4, 0.5) is 10.5 Å². The number of halogens is 1. The van der Waals surface area contributed by atoms with Crippen LogP contribution in [0, 0.1) is 0 Å². The van der Waals surface area contributed by atoms with E-state index in [1.807, 2.05) is 30.3 Å². The lowest BCUT2D eigenvalue weighted by Crippen LogP contribution is -2.33. The van der Waals surface area contributed by atoms with Gasteiger partial charge < -0.3 is 5.32 Å². The second-order valence-corrected chi connectivity index (χ2v) is 4.58. The van der Waals surface area contributed by atoms with Gasteiger partial charge in [-0.2, -0.15) is 5.06 Å². The number of nitrogens with zero attached hydrogens (tertiary/aromatic N) is 1. The first-order valence-corrected chi connectivity index (χ1v) is 6.49. The van der Waals surface area contributed by atoms with Crippen LogP contribution in [0.5, 0.6) is 0 Å².